The van der Waals surface area contributed by atoms with E-state index in [1.165, 1.54) is 12.8 Å². The standard InChI is InChI=1S/C15H26O2/c1-9(2)10-5-8-15(4)11-6-7-14(3,16)12(11)13(10)17-15/h9-13,16H,5-8H2,1-4H3/t10-,11+,12?,13-,14-,15+/m1/s1. The lowest BCUT2D eigenvalue weighted by molar-refractivity contribution is -0.134. The zero-order valence-electron chi connectivity index (χ0n) is 11.6. The summed E-state index contributed by atoms with van der Waals surface area (Å²) in [6.45, 7) is 8.91. The molecule has 0 spiro atoms. The molecule has 1 N–H and O–H groups in total. The largest absolute Gasteiger partial charge is 0.390 e. The van der Waals surface area contributed by atoms with E-state index in [2.05, 4.69) is 20.8 Å². The molecule has 3 aliphatic rings. The van der Waals surface area contributed by atoms with Crippen LogP contribution in [0.5, 0.6) is 0 Å². The van der Waals surface area contributed by atoms with Crippen molar-refractivity contribution in [2.24, 2.45) is 23.7 Å². The van der Waals surface area contributed by atoms with E-state index in [1.807, 2.05) is 6.92 Å². The fourth-order valence-corrected chi connectivity index (χ4v) is 4.90. The normalized spacial score (nSPS) is 57.5. The van der Waals surface area contributed by atoms with E-state index in [1.54, 1.807) is 0 Å². The van der Waals surface area contributed by atoms with Gasteiger partial charge in [0.25, 0.3) is 0 Å². The van der Waals surface area contributed by atoms with E-state index < -0.39 is 5.60 Å². The maximum Gasteiger partial charge on any atom is 0.0691 e. The Kier molecular flexibility index (Phi) is 2.45. The molecule has 2 heterocycles. The molecule has 3 fully saturated rings. The SMILES string of the molecule is CC(C)[C@H]1CC[C@]2(C)O[C@H]1C1[C@@H]2CC[C@@]1(C)O. The Bertz CT molecular complexity index is 323. The molecule has 1 unspecified atom stereocenters. The molecule has 1 saturated carbocycles. The van der Waals surface area contributed by atoms with Crippen LogP contribution in [0.15, 0.2) is 0 Å². The summed E-state index contributed by atoms with van der Waals surface area (Å²) in [5.41, 5.74) is -0.439. The minimum absolute atomic E-state index is 0.0568. The Morgan fingerprint density at radius 1 is 1.18 bits per heavy atom. The van der Waals surface area contributed by atoms with Crippen LogP contribution in [0.3, 0.4) is 0 Å². The lowest BCUT2D eigenvalue weighted by Crippen LogP contribution is -2.43. The molecule has 3 rings (SSSR count). The van der Waals surface area contributed by atoms with Crippen molar-refractivity contribution in [3.05, 3.63) is 0 Å². The number of aliphatic hydroxyl groups is 1. The van der Waals surface area contributed by atoms with Gasteiger partial charge < -0.3 is 9.84 Å². The van der Waals surface area contributed by atoms with E-state index in [4.69, 9.17) is 4.74 Å². The van der Waals surface area contributed by atoms with Crippen molar-refractivity contribution in [2.45, 2.75) is 70.7 Å². The number of fused-ring (bicyclic) bond motifs is 5. The van der Waals surface area contributed by atoms with Gasteiger partial charge in [0.2, 0.25) is 0 Å². The average molecular weight is 238 g/mol. The molecule has 0 aromatic carbocycles. The highest BCUT2D eigenvalue weighted by molar-refractivity contribution is 5.13. The monoisotopic (exact) mass is 238 g/mol. The lowest BCUT2D eigenvalue weighted by atomic mass is 9.76. The minimum Gasteiger partial charge on any atom is -0.390 e. The third kappa shape index (κ3) is 1.53. The highest BCUT2D eigenvalue weighted by atomic mass is 16.5. The molecule has 1 aliphatic carbocycles. The second-order valence-corrected chi connectivity index (χ2v) is 7.37. The van der Waals surface area contributed by atoms with Crippen LogP contribution < -0.4 is 0 Å². The number of hydrogen-bond acceptors (Lipinski definition) is 2. The van der Waals surface area contributed by atoms with Gasteiger partial charge in [0.1, 0.15) is 0 Å². The smallest absolute Gasteiger partial charge is 0.0691 e. The molecule has 98 valence electrons. The van der Waals surface area contributed by atoms with Crippen LogP contribution >= 0.6 is 0 Å². The Morgan fingerprint density at radius 3 is 2.53 bits per heavy atom. The molecule has 2 bridgehead atoms. The summed E-state index contributed by atoms with van der Waals surface area (Å²) in [6, 6.07) is 0. The van der Waals surface area contributed by atoms with Gasteiger partial charge in [0.05, 0.1) is 17.3 Å². The first-order chi connectivity index (χ1) is 7.85. The minimum atomic E-state index is -0.495. The predicted octanol–water partition coefficient (Wildman–Crippen LogP) is 2.99. The van der Waals surface area contributed by atoms with Gasteiger partial charge in [0.15, 0.2) is 0 Å². The Balaban J connectivity index is 1.96. The highest BCUT2D eigenvalue weighted by Gasteiger charge is 2.64. The first kappa shape index (κ1) is 12.0. The Morgan fingerprint density at radius 2 is 1.88 bits per heavy atom. The second-order valence-electron chi connectivity index (χ2n) is 7.37. The van der Waals surface area contributed by atoms with E-state index in [9.17, 15) is 5.11 Å². The van der Waals surface area contributed by atoms with Crippen molar-refractivity contribution in [2.75, 3.05) is 0 Å². The molecule has 0 radical (unpaired) electrons. The summed E-state index contributed by atoms with van der Waals surface area (Å²) >= 11 is 0. The zero-order valence-corrected chi connectivity index (χ0v) is 11.6. The van der Waals surface area contributed by atoms with E-state index in [0.29, 0.717) is 29.8 Å². The van der Waals surface area contributed by atoms with Gasteiger partial charge in [-0.25, -0.2) is 0 Å². The molecule has 0 amide bonds. The second kappa shape index (κ2) is 3.48. The molecule has 2 nitrogen and oxygen atoms in total. The Labute approximate surface area is 105 Å². The van der Waals surface area contributed by atoms with Crippen LogP contribution in [0.25, 0.3) is 0 Å². The van der Waals surface area contributed by atoms with Gasteiger partial charge >= 0.3 is 0 Å². The fraction of sp³-hybridized carbons (Fsp3) is 1.00. The van der Waals surface area contributed by atoms with Crippen LogP contribution in [0.2, 0.25) is 0 Å². The third-order valence-electron chi connectivity index (χ3n) is 5.91. The highest BCUT2D eigenvalue weighted by Crippen LogP contribution is 2.61. The average Bonchev–Trinajstić information content (AvgIpc) is 2.64. The fourth-order valence-electron chi connectivity index (χ4n) is 4.90. The molecular weight excluding hydrogens is 212 g/mol. The molecule has 2 heteroatoms. The summed E-state index contributed by atoms with van der Waals surface area (Å²) in [6.07, 6.45) is 4.88. The van der Waals surface area contributed by atoms with Crippen molar-refractivity contribution >= 4 is 0 Å². The maximum atomic E-state index is 10.6. The van der Waals surface area contributed by atoms with Crippen LogP contribution in [-0.4, -0.2) is 22.4 Å². The summed E-state index contributed by atoms with van der Waals surface area (Å²) in [4.78, 5) is 0. The molecule has 0 aromatic rings. The van der Waals surface area contributed by atoms with E-state index >= 15 is 0 Å². The lowest BCUT2D eigenvalue weighted by Gasteiger charge is -2.40. The topological polar surface area (TPSA) is 29.5 Å². The van der Waals surface area contributed by atoms with Crippen molar-refractivity contribution in [1.29, 1.82) is 0 Å². The molecule has 0 aromatic heterocycles. The van der Waals surface area contributed by atoms with Crippen molar-refractivity contribution < 1.29 is 9.84 Å². The Hall–Kier alpha value is -0.0800. The van der Waals surface area contributed by atoms with Crippen LogP contribution in [0.1, 0.15) is 53.4 Å². The molecular formula is C15H26O2. The van der Waals surface area contributed by atoms with Gasteiger partial charge in [0, 0.05) is 5.92 Å². The van der Waals surface area contributed by atoms with Gasteiger partial charge in [-0.05, 0) is 57.3 Å². The molecule has 2 aliphatic heterocycles. The third-order valence-corrected chi connectivity index (χ3v) is 5.91. The van der Waals surface area contributed by atoms with Gasteiger partial charge in [-0.15, -0.1) is 0 Å². The van der Waals surface area contributed by atoms with E-state index in [0.717, 1.165) is 12.8 Å². The van der Waals surface area contributed by atoms with Gasteiger partial charge in [-0.3, -0.25) is 0 Å². The van der Waals surface area contributed by atoms with Gasteiger partial charge in [-0.1, -0.05) is 13.8 Å². The molecule has 17 heavy (non-hydrogen) atoms. The summed E-state index contributed by atoms with van der Waals surface area (Å²) < 4.78 is 6.40. The quantitative estimate of drug-likeness (QED) is 0.761. The van der Waals surface area contributed by atoms with Crippen LogP contribution in [0, 0.1) is 23.7 Å². The van der Waals surface area contributed by atoms with Crippen molar-refractivity contribution in [3.8, 4) is 0 Å². The summed E-state index contributed by atoms with van der Waals surface area (Å²) in [7, 11) is 0. The van der Waals surface area contributed by atoms with Crippen molar-refractivity contribution in [3.63, 3.8) is 0 Å². The first-order valence-electron chi connectivity index (χ1n) is 7.25. The van der Waals surface area contributed by atoms with E-state index in [-0.39, 0.29) is 5.60 Å². The van der Waals surface area contributed by atoms with Crippen LogP contribution in [0.4, 0.5) is 0 Å². The number of ether oxygens (including phenoxy) is 1. The van der Waals surface area contributed by atoms with Gasteiger partial charge in [-0.2, -0.15) is 0 Å². The summed E-state index contributed by atoms with van der Waals surface area (Å²) in [5, 5.41) is 10.6. The number of rotatable bonds is 1. The molecule has 2 saturated heterocycles. The predicted molar refractivity (Wildman–Crippen MR) is 67.7 cm³/mol. The first-order valence-corrected chi connectivity index (χ1v) is 7.25. The zero-order chi connectivity index (χ0) is 12.4. The molecule has 6 atom stereocenters. The van der Waals surface area contributed by atoms with Crippen molar-refractivity contribution in [1.82, 2.24) is 0 Å². The van der Waals surface area contributed by atoms with Crippen LogP contribution in [-0.2, 0) is 4.74 Å². The summed E-state index contributed by atoms with van der Waals surface area (Å²) in [5.74, 6) is 2.27. The maximum absolute atomic E-state index is 10.6. The number of hydrogen-bond donors (Lipinski definition) is 1.